The molecule has 0 amide bonds. The van der Waals surface area contributed by atoms with Crippen molar-refractivity contribution in [3.8, 4) is 5.95 Å². The van der Waals surface area contributed by atoms with E-state index >= 15 is 0 Å². The van der Waals surface area contributed by atoms with Gasteiger partial charge in [-0.1, -0.05) is 18.2 Å². The fourth-order valence-corrected chi connectivity index (χ4v) is 2.16. The van der Waals surface area contributed by atoms with E-state index in [0.29, 0.717) is 12.4 Å². The summed E-state index contributed by atoms with van der Waals surface area (Å²) >= 11 is 0. The quantitative estimate of drug-likeness (QED) is 0.728. The number of rotatable bonds is 3. The molecule has 0 unspecified atom stereocenters. The van der Waals surface area contributed by atoms with Crippen molar-refractivity contribution in [3.05, 3.63) is 58.5 Å². The Hall–Kier alpha value is -2.27. The van der Waals surface area contributed by atoms with Gasteiger partial charge < -0.3 is 4.98 Å². The van der Waals surface area contributed by atoms with Crippen LogP contribution in [0.1, 0.15) is 11.3 Å². The minimum Gasteiger partial charge on any atom is -0.322 e. The number of hydrogen-bond donors (Lipinski definition) is 2. The number of fused-ring (bicyclic) bond motifs is 1. The summed E-state index contributed by atoms with van der Waals surface area (Å²) < 4.78 is 1.44. The van der Waals surface area contributed by atoms with Gasteiger partial charge in [-0.2, -0.15) is 4.68 Å². The zero-order chi connectivity index (χ0) is 13.4. The minimum atomic E-state index is -0.0866. The third-order valence-electron chi connectivity index (χ3n) is 3.13. The number of benzene rings is 1. The molecule has 0 saturated carbocycles. The lowest BCUT2D eigenvalue weighted by molar-refractivity contribution is 0.790. The second-order valence-corrected chi connectivity index (χ2v) is 4.43. The molecule has 0 spiro atoms. The van der Waals surface area contributed by atoms with Crippen LogP contribution in [-0.4, -0.2) is 19.7 Å². The number of para-hydroxylation sites is 2. The Kier molecular flexibility index (Phi) is 3.81. The van der Waals surface area contributed by atoms with Crippen molar-refractivity contribution in [2.24, 2.45) is 0 Å². The third-order valence-corrected chi connectivity index (χ3v) is 3.13. The van der Waals surface area contributed by atoms with Gasteiger partial charge in [-0.05, 0) is 25.5 Å². The topological polar surface area (TPSA) is 66.5 Å². The van der Waals surface area contributed by atoms with E-state index in [1.165, 1.54) is 4.68 Å². The van der Waals surface area contributed by atoms with Crippen molar-refractivity contribution in [1.29, 1.82) is 0 Å². The summed E-state index contributed by atoms with van der Waals surface area (Å²) in [5.41, 5.74) is 3.21. The highest BCUT2D eigenvalue weighted by molar-refractivity contribution is 5.85. The number of halogens is 1. The van der Waals surface area contributed by atoms with Crippen LogP contribution in [0, 0.1) is 6.92 Å². The average molecular weight is 291 g/mol. The first-order chi connectivity index (χ1) is 9.20. The largest absolute Gasteiger partial charge is 0.322 e. The van der Waals surface area contributed by atoms with E-state index in [4.69, 9.17) is 0 Å². The van der Waals surface area contributed by atoms with E-state index in [-0.39, 0.29) is 18.0 Å². The van der Waals surface area contributed by atoms with Crippen molar-refractivity contribution in [2.75, 3.05) is 0 Å². The number of nitrogens with one attached hydrogen (secondary N) is 2. The van der Waals surface area contributed by atoms with Gasteiger partial charge in [-0.15, -0.1) is 19.0 Å². The number of nitrogens with zero attached hydrogens (tertiary/aromatic N) is 2. The Balaban J connectivity index is 0.00000147. The molecule has 5 nitrogen and oxygen atoms in total. The van der Waals surface area contributed by atoms with E-state index < -0.39 is 0 Å². The molecule has 0 saturated heterocycles. The molecule has 3 aromatic rings. The fourth-order valence-electron chi connectivity index (χ4n) is 2.16. The lowest BCUT2D eigenvalue weighted by Crippen LogP contribution is -2.18. The molecule has 104 valence electrons. The number of H-pyrrole nitrogens is 2. The highest BCUT2D eigenvalue weighted by Crippen LogP contribution is 2.12. The molecule has 0 aliphatic rings. The predicted molar refractivity (Wildman–Crippen MR) is 81.9 cm³/mol. The number of aryl methyl sites for hydroxylation is 1. The molecule has 0 aliphatic carbocycles. The Morgan fingerprint density at radius 1 is 1.40 bits per heavy atom. The van der Waals surface area contributed by atoms with E-state index in [0.717, 1.165) is 22.3 Å². The van der Waals surface area contributed by atoms with Crippen LogP contribution in [0.5, 0.6) is 0 Å². The molecule has 6 heteroatoms. The number of allylic oxidation sites excluding steroid dienone is 1. The maximum absolute atomic E-state index is 12.3. The van der Waals surface area contributed by atoms with Crippen LogP contribution in [0.4, 0.5) is 0 Å². The smallest absolute Gasteiger partial charge is 0.277 e. The molecule has 2 aromatic heterocycles. The van der Waals surface area contributed by atoms with Crippen LogP contribution < -0.4 is 5.56 Å². The first kappa shape index (κ1) is 14.1. The molecule has 0 fully saturated rings. The summed E-state index contributed by atoms with van der Waals surface area (Å²) in [6.45, 7) is 5.54. The summed E-state index contributed by atoms with van der Waals surface area (Å²) in [5.74, 6) is 0.504. The van der Waals surface area contributed by atoms with Gasteiger partial charge in [0.1, 0.15) is 0 Å². The van der Waals surface area contributed by atoms with Crippen molar-refractivity contribution < 1.29 is 0 Å². The second kappa shape index (κ2) is 5.38. The molecule has 2 N–H and O–H groups in total. The first-order valence-corrected chi connectivity index (χ1v) is 6.07. The molecule has 3 rings (SSSR count). The van der Waals surface area contributed by atoms with Gasteiger partial charge in [0.15, 0.2) is 0 Å². The molecule has 2 heterocycles. The second-order valence-electron chi connectivity index (χ2n) is 4.43. The van der Waals surface area contributed by atoms with Crippen LogP contribution >= 0.6 is 12.4 Å². The summed E-state index contributed by atoms with van der Waals surface area (Å²) in [4.78, 5) is 19.8. The number of aromatic nitrogens is 4. The third kappa shape index (κ3) is 2.16. The zero-order valence-electron chi connectivity index (χ0n) is 11.0. The van der Waals surface area contributed by atoms with Crippen molar-refractivity contribution in [3.63, 3.8) is 0 Å². The molecule has 0 radical (unpaired) electrons. The van der Waals surface area contributed by atoms with Crippen LogP contribution in [0.15, 0.2) is 41.7 Å². The van der Waals surface area contributed by atoms with E-state index in [2.05, 4.69) is 21.6 Å². The SMILES string of the molecule is C=CCc1c(C)[nH]n(-c2nc3ccccc3[nH]2)c1=O.Cl. The van der Waals surface area contributed by atoms with Gasteiger partial charge >= 0.3 is 0 Å². The van der Waals surface area contributed by atoms with Crippen molar-refractivity contribution in [2.45, 2.75) is 13.3 Å². The fraction of sp³-hybridized carbons (Fsp3) is 0.143. The molecule has 0 bridgehead atoms. The van der Waals surface area contributed by atoms with Gasteiger partial charge in [-0.25, -0.2) is 4.98 Å². The maximum Gasteiger partial charge on any atom is 0.277 e. The first-order valence-electron chi connectivity index (χ1n) is 6.07. The molecular weight excluding hydrogens is 276 g/mol. The average Bonchev–Trinajstić information content (AvgIpc) is 2.94. The zero-order valence-corrected chi connectivity index (χ0v) is 11.8. The van der Waals surface area contributed by atoms with Gasteiger partial charge in [0, 0.05) is 11.3 Å². The highest BCUT2D eigenvalue weighted by Gasteiger charge is 2.13. The Labute approximate surface area is 121 Å². The summed E-state index contributed by atoms with van der Waals surface area (Å²) in [6.07, 6.45) is 2.27. The van der Waals surface area contributed by atoms with E-state index in [1.807, 2.05) is 31.2 Å². The molecule has 0 atom stereocenters. The standard InChI is InChI=1S/C14H14N4O.ClH/c1-3-6-10-9(2)17-18(13(10)19)14-15-11-7-4-5-8-12(11)16-14;/h3-5,7-8,17H,1,6H2,2H3,(H,15,16);1H. The minimum absolute atomic E-state index is 0. The number of aromatic amines is 2. The normalized spacial score (nSPS) is 10.4. The number of hydrogen-bond acceptors (Lipinski definition) is 2. The molecule has 20 heavy (non-hydrogen) atoms. The van der Waals surface area contributed by atoms with Crippen molar-refractivity contribution >= 4 is 23.4 Å². The Morgan fingerprint density at radius 3 is 2.85 bits per heavy atom. The van der Waals surface area contributed by atoms with E-state index in [1.54, 1.807) is 6.08 Å². The van der Waals surface area contributed by atoms with Gasteiger partial charge in [0.2, 0.25) is 5.95 Å². The van der Waals surface area contributed by atoms with Gasteiger partial charge in [0.25, 0.3) is 5.56 Å². The molecular formula is C14H15ClN4O. The lowest BCUT2D eigenvalue weighted by Gasteiger charge is -1.93. The summed E-state index contributed by atoms with van der Waals surface area (Å²) in [5, 5.41) is 3.04. The van der Waals surface area contributed by atoms with E-state index in [9.17, 15) is 4.79 Å². The van der Waals surface area contributed by atoms with Crippen LogP contribution in [0.25, 0.3) is 17.0 Å². The predicted octanol–water partition coefficient (Wildman–Crippen LogP) is 2.50. The van der Waals surface area contributed by atoms with Crippen LogP contribution in [0.2, 0.25) is 0 Å². The summed E-state index contributed by atoms with van der Waals surface area (Å²) in [7, 11) is 0. The van der Waals surface area contributed by atoms with Crippen molar-refractivity contribution in [1.82, 2.24) is 19.7 Å². The molecule has 0 aliphatic heterocycles. The monoisotopic (exact) mass is 290 g/mol. The highest BCUT2D eigenvalue weighted by atomic mass is 35.5. The maximum atomic E-state index is 12.3. The lowest BCUT2D eigenvalue weighted by atomic mass is 10.2. The van der Waals surface area contributed by atoms with Crippen LogP contribution in [0.3, 0.4) is 0 Å². The number of imidazole rings is 1. The molecule has 1 aromatic carbocycles. The van der Waals surface area contributed by atoms with Crippen LogP contribution in [-0.2, 0) is 6.42 Å². The van der Waals surface area contributed by atoms with Gasteiger partial charge in [-0.3, -0.25) is 9.89 Å². The Bertz CT molecular complexity index is 779. The summed E-state index contributed by atoms with van der Waals surface area (Å²) in [6, 6.07) is 7.67. The Morgan fingerprint density at radius 2 is 2.15 bits per heavy atom. The van der Waals surface area contributed by atoms with Gasteiger partial charge in [0.05, 0.1) is 11.0 Å².